The zero-order valence-electron chi connectivity index (χ0n) is 24.3. The lowest BCUT2D eigenvalue weighted by Gasteiger charge is -2.39. The first kappa shape index (κ1) is 29.9. The molecule has 0 radical (unpaired) electrons. The predicted molar refractivity (Wildman–Crippen MR) is 156 cm³/mol. The quantitative estimate of drug-likeness (QED) is 0.185. The van der Waals surface area contributed by atoms with Crippen LogP contribution in [0.15, 0.2) is 60.8 Å². The Morgan fingerprint density at radius 1 is 1.21 bits per heavy atom. The van der Waals surface area contributed by atoms with Crippen LogP contribution in [0, 0.1) is 5.92 Å². The van der Waals surface area contributed by atoms with Gasteiger partial charge < -0.3 is 24.6 Å². The maximum Gasteiger partial charge on any atom is 0.304 e. The SMILES string of the molecule is COc1ccc2c(c1)[C@](O)([C@@H](C)/C=C/CCn1cc(CCO)nn1)C(=O)N2Cc1ccc(N2C(=O)CC2OC(C)=O)cc1. The zero-order chi connectivity index (χ0) is 30.7. The monoisotopic (exact) mass is 589 g/mol. The number of nitrogens with zero attached hydrogens (tertiary/aromatic N) is 5. The first-order valence-corrected chi connectivity index (χ1v) is 14.1. The molecule has 43 heavy (non-hydrogen) atoms. The van der Waals surface area contributed by atoms with E-state index in [4.69, 9.17) is 14.6 Å². The van der Waals surface area contributed by atoms with Crippen LogP contribution >= 0.6 is 0 Å². The number of aliphatic hydroxyl groups is 2. The Kier molecular flexibility index (Phi) is 8.60. The Morgan fingerprint density at radius 3 is 2.65 bits per heavy atom. The van der Waals surface area contributed by atoms with Gasteiger partial charge in [0, 0.05) is 49.9 Å². The molecule has 3 aromatic rings. The molecular formula is C31H35N5O7. The van der Waals surface area contributed by atoms with Crippen molar-refractivity contribution in [1.29, 1.82) is 0 Å². The number of esters is 1. The van der Waals surface area contributed by atoms with E-state index in [9.17, 15) is 19.5 Å². The molecule has 0 bridgehead atoms. The summed E-state index contributed by atoms with van der Waals surface area (Å²) in [5.74, 6) is -1.08. The van der Waals surface area contributed by atoms with Crippen molar-refractivity contribution in [3.05, 3.63) is 77.6 Å². The van der Waals surface area contributed by atoms with Gasteiger partial charge in [0.15, 0.2) is 11.8 Å². The highest BCUT2D eigenvalue weighted by atomic mass is 16.6. The van der Waals surface area contributed by atoms with Gasteiger partial charge >= 0.3 is 5.97 Å². The van der Waals surface area contributed by atoms with Crippen LogP contribution in [0.1, 0.15) is 43.5 Å². The number of anilines is 2. The van der Waals surface area contributed by atoms with Gasteiger partial charge in [-0.1, -0.05) is 36.4 Å². The number of ether oxygens (including phenoxy) is 2. The fourth-order valence-electron chi connectivity index (χ4n) is 5.46. The fourth-order valence-corrected chi connectivity index (χ4v) is 5.46. The molecule has 12 heteroatoms. The number of carbonyl (C=O) groups excluding carboxylic acids is 3. The molecule has 1 unspecified atom stereocenters. The number of aromatic nitrogens is 3. The average molecular weight is 590 g/mol. The van der Waals surface area contributed by atoms with E-state index in [0.717, 1.165) is 5.56 Å². The third kappa shape index (κ3) is 5.88. The van der Waals surface area contributed by atoms with Crippen molar-refractivity contribution in [2.75, 3.05) is 23.5 Å². The number of rotatable bonds is 12. The van der Waals surface area contributed by atoms with Gasteiger partial charge in [0.1, 0.15) is 5.75 Å². The summed E-state index contributed by atoms with van der Waals surface area (Å²) in [6.45, 7) is 3.87. The second kappa shape index (κ2) is 12.4. The summed E-state index contributed by atoms with van der Waals surface area (Å²) in [5.41, 5.74) is 1.33. The van der Waals surface area contributed by atoms with Gasteiger partial charge in [-0.2, -0.15) is 0 Å². The largest absolute Gasteiger partial charge is 0.497 e. The van der Waals surface area contributed by atoms with E-state index in [1.165, 1.54) is 18.9 Å². The number of benzene rings is 2. The van der Waals surface area contributed by atoms with Gasteiger partial charge in [-0.3, -0.25) is 24.0 Å². The second-order valence-electron chi connectivity index (χ2n) is 10.7. The Balaban J connectivity index is 1.32. The summed E-state index contributed by atoms with van der Waals surface area (Å²) >= 11 is 0. The smallest absolute Gasteiger partial charge is 0.304 e. The summed E-state index contributed by atoms with van der Waals surface area (Å²) in [5, 5.41) is 29.1. The van der Waals surface area contributed by atoms with E-state index < -0.39 is 29.6 Å². The number of methoxy groups -OCH3 is 1. The topological polar surface area (TPSA) is 147 Å². The number of amides is 2. The number of hydrogen-bond donors (Lipinski definition) is 2. The minimum Gasteiger partial charge on any atom is -0.497 e. The van der Waals surface area contributed by atoms with Crippen LogP contribution in [0.5, 0.6) is 5.75 Å². The molecule has 2 aliphatic rings. The van der Waals surface area contributed by atoms with Crippen LogP contribution in [0.25, 0.3) is 0 Å². The summed E-state index contributed by atoms with van der Waals surface area (Å²) in [7, 11) is 1.53. The molecule has 0 saturated carbocycles. The molecule has 2 N–H and O–H groups in total. The molecule has 0 spiro atoms. The summed E-state index contributed by atoms with van der Waals surface area (Å²) in [6, 6.07) is 12.3. The predicted octanol–water partition coefficient (Wildman–Crippen LogP) is 2.46. The van der Waals surface area contributed by atoms with Gasteiger partial charge in [0.25, 0.3) is 5.91 Å². The lowest BCUT2D eigenvalue weighted by molar-refractivity contribution is -0.153. The molecule has 1 aromatic heterocycles. The van der Waals surface area contributed by atoms with Crippen molar-refractivity contribution >= 4 is 29.2 Å². The standard InChI is InChI=1S/C31H35N5O7/c1-20(6-4-5-14-34-19-23(13-15-37)32-33-34)31(41)26-16-25(42-3)11-12-27(26)35(30(31)40)18-22-7-9-24(10-8-22)36-28(39)17-29(36)43-21(2)38/h4,6-12,16,19-20,29,37,41H,5,13-15,17-18H2,1-3H3/b6-4+/t20-,29?,31+/m0/s1. The van der Waals surface area contributed by atoms with Gasteiger partial charge in [-0.05, 0) is 42.3 Å². The molecule has 226 valence electrons. The van der Waals surface area contributed by atoms with Crippen LogP contribution in [0.4, 0.5) is 11.4 Å². The van der Waals surface area contributed by atoms with Crippen LogP contribution < -0.4 is 14.5 Å². The first-order chi connectivity index (χ1) is 20.6. The Hall–Kier alpha value is -4.55. The number of fused-ring (bicyclic) bond motifs is 1. The highest BCUT2D eigenvalue weighted by molar-refractivity contribution is 6.07. The minimum absolute atomic E-state index is 0.00892. The normalized spacial score (nSPS) is 20.3. The van der Waals surface area contributed by atoms with Crippen LogP contribution in [-0.2, 0) is 44.2 Å². The number of aliphatic hydroxyl groups excluding tert-OH is 1. The Morgan fingerprint density at radius 2 is 1.98 bits per heavy atom. The second-order valence-corrected chi connectivity index (χ2v) is 10.7. The molecule has 0 aliphatic carbocycles. The molecule has 12 nitrogen and oxygen atoms in total. The third-order valence-corrected chi connectivity index (χ3v) is 7.80. The van der Waals surface area contributed by atoms with Crippen LogP contribution in [0.2, 0.25) is 0 Å². The number of carbonyl (C=O) groups is 3. The number of hydrogen-bond acceptors (Lipinski definition) is 9. The van der Waals surface area contributed by atoms with Gasteiger partial charge in [0.05, 0.1) is 31.5 Å². The molecule has 2 aliphatic heterocycles. The lowest BCUT2D eigenvalue weighted by Crippen LogP contribution is -2.54. The first-order valence-electron chi connectivity index (χ1n) is 14.1. The van der Waals surface area contributed by atoms with E-state index in [1.807, 2.05) is 12.2 Å². The van der Waals surface area contributed by atoms with Crippen molar-refractivity contribution in [2.24, 2.45) is 5.92 Å². The van der Waals surface area contributed by atoms with Crippen molar-refractivity contribution < 1.29 is 34.1 Å². The number of β-lactam (4-membered cyclic amide) rings is 1. The third-order valence-electron chi connectivity index (χ3n) is 7.80. The van der Waals surface area contributed by atoms with E-state index >= 15 is 0 Å². The molecular weight excluding hydrogens is 554 g/mol. The lowest BCUT2D eigenvalue weighted by atomic mass is 9.83. The minimum atomic E-state index is -1.82. The summed E-state index contributed by atoms with van der Waals surface area (Å²) in [6.07, 6.45) is 6.09. The van der Waals surface area contributed by atoms with Crippen LogP contribution in [-0.4, -0.2) is 62.9 Å². The Labute approximate surface area is 249 Å². The maximum absolute atomic E-state index is 13.9. The van der Waals surface area contributed by atoms with E-state index in [1.54, 1.807) is 65.2 Å². The molecule has 3 heterocycles. The molecule has 5 rings (SSSR count). The summed E-state index contributed by atoms with van der Waals surface area (Å²) < 4.78 is 12.3. The van der Waals surface area contributed by atoms with Crippen LogP contribution in [0.3, 0.4) is 0 Å². The van der Waals surface area contributed by atoms with E-state index in [0.29, 0.717) is 47.8 Å². The van der Waals surface area contributed by atoms with Gasteiger partial charge in [-0.15, -0.1) is 5.10 Å². The Bertz CT molecular complexity index is 1540. The van der Waals surface area contributed by atoms with Crippen molar-refractivity contribution in [3.63, 3.8) is 0 Å². The molecule has 2 aromatic carbocycles. The van der Waals surface area contributed by atoms with Crippen molar-refractivity contribution in [2.45, 2.75) is 58.0 Å². The highest BCUT2D eigenvalue weighted by Crippen LogP contribution is 2.47. The van der Waals surface area contributed by atoms with Gasteiger partial charge in [0.2, 0.25) is 5.91 Å². The van der Waals surface area contributed by atoms with E-state index in [-0.39, 0.29) is 25.5 Å². The fraction of sp³-hybridized carbons (Fsp3) is 0.387. The molecule has 1 fully saturated rings. The van der Waals surface area contributed by atoms with Crippen molar-refractivity contribution in [1.82, 2.24) is 15.0 Å². The average Bonchev–Trinajstić information content (AvgIpc) is 3.52. The zero-order valence-corrected chi connectivity index (χ0v) is 24.3. The maximum atomic E-state index is 13.9. The highest BCUT2D eigenvalue weighted by Gasteiger charge is 2.52. The van der Waals surface area contributed by atoms with Crippen molar-refractivity contribution in [3.8, 4) is 5.75 Å². The number of allylic oxidation sites excluding steroid dienone is 1. The molecule has 2 amide bonds. The summed E-state index contributed by atoms with van der Waals surface area (Å²) in [4.78, 5) is 40.4. The van der Waals surface area contributed by atoms with Gasteiger partial charge in [-0.25, -0.2) is 0 Å². The molecule has 1 saturated heterocycles. The molecule has 3 atom stereocenters. The van der Waals surface area contributed by atoms with E-state index in [2.05, 4.69) is 10.3 Å². The number of aryl methyl sites for hydroxylation is 1.